The first-order chi connectivity index (χ1) is 18.9. The van der Waals surface area contributed by atoms with Crippen molar-refractivity contribution in [3.63, 3.8) is 0 Å². The zero-order valence-electron chi connectivity index (χ0n) is 22.6. The summed E-state index contributed by atoms with van der Waals surface area (Å²) in [6.07, 6.45) is 17.2. The number of benzene rings is 1. The number of allylic oxidation sites excluding steroid dienone is 3. The van der Waals surface area contributed by atoms with Gasteiger partial charge in [-0.05, 0) is 73.3 Å². The molecule has 7 nitrogen and oxygen atoms in total. The Morgan fingerprint density at radius 2 is 1.77 bits per heavy atom. The first kappa shape index (κ1) is 25.7. The summed E-state index contributed by atoms with van der Waals surface area (Å²) < 4.78 is 7.70. The smallest absolute Gasteiger partial charge is 0.331 e. The summed E-state index contributed by atoms with van der Waals surface area (Å²) in [6.45, 7) is 4.74. The third kappa shape index (κ3) is 4.32. The van der Waals surface area contributed by atoms with Gasteiger partial charge in [0.25, 0.3) is 0 Å². The molecular formula is C32H35N3O4. The number of carbonyl (C=O) groups excluding carboxylic acids is 3. The summed E-state index contributed by atoms with van der Waals surface area (Å²) in [4.78, 5) is 39.7. The van der Waals surface area contributed by atoms with Crippen LogP contribution >= 0.6 is 0 Å². The molecule has 202 valence electrons. The fourth-order valence-electron chi connectivity index (χ4n) is 8.31. The second-order valence-corrected chi connectivity index (χ2v) is 12.2. The number of nitrogens with zero attached hydrogens (tertiary/aromatic N) is 3. The zero-order valence-corrected chi connectivity index (χ0v) is 22.6. The van der Waals surface area contributed by atoms with E-state index in [9.17, 15) is 14.4 Å². The molecule has 2 aromatic rings. The first-order valence-electron chi connectivity index (χ1n) is 14.0. The highest BCUT2D eigenvalue weighted by molar-refractivity contribution is 5.87. The van der Waals surface area contributed by atoms with Crippen molar-refractivity contribution in [2.24, 2.45) is 28.6 Å². The summed E-state index contributed by atoms with van der Waals surface area (Å²) in [7, 11) is 0. The molecule has 1 heterocycles. The predicted octanol–water partition coefficient (Wildman–Crippen LogP) is 5.70. The fraction of sp³-hybridized carbons (Fsp3) is 0.469. The van der Waals surface area contributed by atoms with Crippen LogP contribution in [0.3, 0.4) is 0 Å². The van der Waals surface area contributed by atoms with Gasteiger partial charge in [-0.1, -0.05) is 49.8 Å². The summed E-state index contributed by atoms with van der Waals surface area (Å²) in [5.41, 5.74) is 4.82. The van der Waals surface area contributed by atoms with Gasteiger partial charge in [-0.25, -0.2) is 14.5 Å². The van der Waals surface area contributed by atoms with E-state index >= 15 is 0 Å². The number of rotatable bonds is 6. The lowest BCUT2D eigenvalue weighted by molar-refractivity contribution is -0.145. The van der Waals surface area contributed by atoms with Crippen molar-refractivity contribution in [1.82, 2.24) is 14.8 Å². The molecule has 4 aliphatic rings. The quantitative estimate of drug-likeness (QED) is 0.208. The number of esters is 1. The molecule has 0 saturated heterocycles. The average Bonchev–Trinajstić information content (AvgIpc) is 3.57. The molecular weight excluding hydrogens is 490 g/mol. The SMILES string of the molecule is C[C@]12CC[C@H](OC(=O)/C=C/c3ccc(C=O)cc3)CC1=CC[C@@H]1[C@@H]2CC[C@]2(C)C(n3cncn3)=C(C=O)C[C@@H]12. The first-order valence-corrected chi connectivity index (χ1v) is 14.0. The lowest BCUT2D eigenvalue weighted by atomic mass is 9.48. The molecule has 7 heteroatoms. The van der Waals surface area contributed by atoms with E-state index < -0.39 is 0 Å². The number of carbonyl (C=O) groups is 3. The van der Waals surface area contributed by atoms with Crippen molar-refractivity contribution in [3.05, 3.63) is 71.3 Å². The molecule has 6 rings (SSSR count). The largest absolute Gasteiger partial charge is 0.459 e. The van der Waals surface area contributed by atoms with Crippen molar-refractivity contribution >= 4 is 30.3 Å². The Morgan fingerprint density at radius 1 is 1.00 bits per heavy atom. The van der Waals surface area contributed by atoms with Gasteiger partial charge in [-0.15, -0.1) is 0 Å². The molecule has 6 atom stereocenters. The van der Waals surface area contributed by atoms with Crippen LogP contribution in [0.5, 0.6) is 0 Å². The minimum Gasteiger partial charge on any atom is -0.459 e. The molecule has 0 unspecified atom stereocenters. The lowest BCUT2D eigenvalue weighted by Crippen LogP contribution is -2.50. The minimum absolute atomic E-state index is 0.0839. The van der Waals surface area contributed by atoms with Crippen molar-refractivity contribution in [1.29, 1.82) is 0 Å². The Morgan fingerprint density at radius 3 is 2.49 bits per heavy atom. The van der Waals surface area contributed by atoms with E-state index in [4.69, 9.17) is 4.74 Å². The Hall–Kier alpha value is -3.61. The molecule has 0 N–H and O–H groups in total. The molecule has 0 radical (unpaired) electrons. The van der Waals surface area contributed by atoms with Crippen LogP contribution in [0.1, 0.15) is 74.7 Å². The topological polar surface area (TPSA) is 91.2 Å². The second-order valence-electron chi connectivity index (χ2n) is 12.2. The zero-order chi connectivity index (χ0) is 27.2. The Labute approximate surface area is 229 Å². The minimum atomic E-state index is -0.329. The Kier molecular flexibility index (Phi) is 6.48. The molecule has 39 heavy (non-hydrogen) atoms. The van der Waals surface area contributed by atoms with Gasteiger partial charge in [-0.3, -0.25) is 9.59 Å². The van der Waals surface area contributed by atoms with E-state index in [2.05, 4.69) is 30.0 Å². The van der Waals surface area contributed by atoms with Crippen LogP contribution in [-0.2, 0) is 14.3 Å². The Balaban J connectivity index is 1.15. The number of hydrogen-bond acceptors (Lipinski definition) is 6. The van der Waals surface area contributed by atoms with E-state index in [0.717, 1.165) is 74.4 Å². The molecule has 0 amide bonds. The van der Waals surface area contributed by atoms with Crippen LogP contribution in [0.2, 0.25) is 0 Å². The molecule has 2 fully saturated rings. The van der Waals surface area contributed by atoms with Gasteiger partial charge < -0.3 is 4.74 Å². The van der Waals surface area contributed by atoms with Crippen LogP contribution < -0.4 is 0 Å². The van der Waals surface area contributed by atoms with Gasteiger partial charge in [0, 0.05) is 29.0 Å². The molecule has 4 aliphatic carbocycles. The van der Waals surface area contributed by atoms with Crippen LogP contribution in [0.15, 0.2) is 60.2 Å². The highest BCUT2D eigenvalue weighted by Gasteiger charge is 2.58. The van der Waals surface area contributed by atoms with Crippen LogP contribution in [0.25, 0.3) is 11.8 Å². The standard InChI is InChI=1S/C32H35N3O4/c1-31-13-11-25(39-29(38)10-7-21-3-5-22(17-36)6-4-21)16-24(31)8-9-26-27(31)12-14-32(2)28(26)15-23(18-37)30(32)35-20-33-19-34-35/h3-8,10,17-20,25-28H,9,11-16H2,1-2H3/b10-7+/t25-,26+,27-,28-,31-,32-/m0/s1. The molecule has 2 saturated carbocycles. The Bertz CT molecular complexity index is 1370. The van der Waals surface area contributed by atoms with E-state index in [1.807, 2.05) is 16.8 Å². The second kappa shape index (κ2) is 9.85. The van der Waals surface area contributed by atoms with Crippen molar-refractivity contribution in [2.45, 2.75) is 64.9 Å². The number of ether oxygens (including phenoxy) is 1. The van der Waals surface area contributed by atoms with Crippen molar-refractivity contribution in [2.75, 3.05) is 0 Å². The van der Waals surface area contributed by atoms with Gasteiger partial charge in [0.1, 0.15) is 31.3 Å². The summed E-state index contributed by atoms with van der Waals surface area (Å²) >= 11 is 0. The van der Waals surface area contributed by atoms with Crippen LogP contribution in [0.4, 0.5) is 0 Å². The van der Waals surface area contributed by atoms with E-state index in [1.54, 1.807) is 30.9 Å². The molecule has 1 aromatic carbocycles. The predicted molar refractivity (Wildman–Crippen MR) is 147 cm³/mol. The van der Waals surface area contributed by atoms with Crippen LogP contribution in [-0.4, -0.2) is 39.4 Å². The molecule has 0 aliphatic heterocycles. The third-order valence-corrected chi connectivity index (χ3v) is 10.3. The van der Waals surface area contributed by atoms with Crippen LogP contribution in [0, 0.1) is 28.6 Å². The summed E-state index contributed by atoms with van der Waals surface area (Å²) in [5.74, 6) is 1.15. The number of fused-ring (bicyclic) bond motifs is 5. The van der Waals surface area contributed by atoms with Crippen molar-refractivity contribution < 1.29 is 19.1 Å². The summed E-state index contributed by atoms with van der Waals surface area (Å²) in [5, 5.41) is 4.40. The van der Waals surface area contributed by atoms with Gasteiger partial charge in [-0.2, -0.15) is 5.10 Å². The molecule has 0 bridgehead atoms. The normalized spacial score (nSPS) is 33.6. The van der Waals surface area contributed by atoms with Gasteiger partial charge in [0.2, 0.25) is 0 Å². The highest BCUT2D eigenvalue weighted by Crippen LogP contribution is 2.66. The maximum atomic E-state index is 12.6. The monoisotopic (exact) mass is 525 g/mol. The lowest BCUT2D eigenvalue weighted by Gasteiger charge is -2.57. The number of hydrogen-bond donors (Lipinski definition) is 0. The maximum Gasteiger partial charge on any atom is 0.331 e. The third-order valence-electron chi connectivity index (χ3n) is 10.3. The molecule has 1 aromatic heterocycles. The van der Waals surface area contributed by atoms with Gasteiger partial charge in [0.15, 0.2) is 0 Å². The fourth-order valence-corrected chi connectivity index (χ4v) is 8.31. The average molecular weight is 526 g/mol. The number of aldehydes is 2. The van der Waals surface area contributed by atoms with E-state index in [0.29, 0.717) is 23.3 Å². The van der Waals surface area contributed by atoms with E-state index in [-0.39, 0.29) is 22.9 Å². The van der Waals surface area contributed by atoms with Crippen molar-refractivity contribution in [3.8, 4) is 0 Å². The number of aromatic nitrogens is 3. The van der Waals surface area contributed by atoms with Gasteiger partial charge >= 0.3 is 5.97 Å². The maximum absolute atomic E-state index is 12.6. The van der Waals surface area contributed by atoms with Gasteiger partial charge in [0.05, 0.1) is 5.70 Å². The molecule has 0 spiro atoms. The van der Waals surface area contributed by atoms with E-state index in [1.165, 1.54) is 11.6 Å². The summed E-state index contributed by atoms with van der Waals surface area (Å²) in [6, 6.07) is 7.08. The highest BCUT2D eigenvalue weighted by atomic mass is 16.5.